The summed E-state index contributed by atoms with van der Waals surface area (Å²) >= 11 is 0. The Balaban J connectivity index is 2.29. The van der Waals surface area contributed by atoms with E-state index in [1.807, 2.05) is 6.07 Å². The van der Waals surface area contributed by atoms with Gasteiger partial charge in [-0.2, -0.15) is 0 Å². The number of hydrogen-bond acceptors (Lipinski definition) is 4. The second-order valence-corrected chi connectivity index (χ2v) is 4.42. The number of anilines is 2. The fraction of sp³-hybridized carbons (Fsp3) is 0.417. The number of aliphatic hydroxyl groups excluding tert-OH is 1. The van der Waals surface area contributed by atoms with Crippen molar-refractivity contribution in [2.45, 2.75) is 6.42 Å². The lowest BCUT2D eigenvalue weighted by atomic mass is 10.1. The molecule has 0 spiro atoms. The Bertz CT molecular complexity index is 434. The van der Waals surface area contributed by atoms with Crippen LogP contribution < -0.4 is 16.4 Å². The molecule has 5 nitrogen and oxygen atoms in total. The minimum Gasteiger partial charge on any atom is -0.399 e. The maximum atomic E-state index is 11.4. The third-order valence-corrected chi connectivity index (χ3v) is 3.17. The van der Waals surface area contributed by atoms with Crippen LogP contribution in [0.15, 0.2) is 18.2 Å². The Kier molecular flexibility index (Phi) is 3.19. The number of hydrogen-bond donors (Lipinski definition) is 3. The molecule has 17 heavy (non-hydrogen) atoms. The van der Waals surface area contributed by atoms with Gasteiger partial charge in [-0.05, 0) is 24.6 Å². The first-order chi connectivity index (χ1) is 8.11. The van der Waals surface area contributed by atoms with E-state index in [1.54, 1.807) is 12.1 Å². The van der Waals surface area contributed by atoms with Crippen LogP contribution in [0.1, 0.15) is 16.8 Å². The topological polar surface area (TPSA) is 92.6 Å². The lowest BCUT2D eigenvalue weighted by molar-refractivity contribution is 0.100. The molecule has 1 fully saturated rings. The first-order valence-corrected chi connectivity index (χ1v) is 5.67. The Morgan fingerprint density at radius 3 is 2.88 bits per heavy atom. The van der Waals surface area contributed by atoms with E-state index < -0.39 is 5.91 Å². The Hall–Kier alpha value is -1.75. The second kappa shape index (κ2) is 4.63. The monoisotopic (exact) mass is 235 g/mol. The van der Waals surface area contributed by atoms with Crippen LogP contribution in [0, 0.1) is 5.92 Å². The van der Waals surface area contributed by atoms with Gasteiger partial charge in [0.2, 0.25) is 0 Å². The molecule has 0 radical (unpaired) electrons. The van der Waals surface area contributed by atoms with Gasteiger partial charge in [-0.1, -0.05) is 0 Å². The number of amides is 1. The van der Waals surface area contributed by atoms with Gasteiger partial charge in [-0.25, -0.2) is 0 Å². The van der Waals surface area contributed by atoms with Crippen molar-refractivity contribution in [3.63, 3.8) is 0 Å². The van der Waals surface area contributed by atoms with Crippen LogP contribution in [0.3, 0.4) is 0 Å². The van der Waals surface area contributed by atoms with E-state index in [0.717, 1.165) is 25.2 Å². The highest BCUT2D eigenvalue weighted by Gasteiger charge is 2.24. The van der Waals surface area contributed by atoms with E-state index >= 15 is 0 Å². The van der Waals surface area contributed by atoms with Crippen LogP contribution >= 0.6 is 0 Å². The van der Waals surface area contributed by atoms with E-state index in [-0.39, 0.29) is 12.5 Å². The molecule has 1 unspecified atom stereocenters. The highest BCUT2D eigenvalue weighted by molar-refractivity contribution is 5.99. The van der Waals surface area contributed by atoms with E-state index in [2.05, 4.69) is 4.90 Å². The highest BCUT2D eigenvalue weighted by Crippen LogP contribution is 2.28. The van der Waals surface area contributed by atoms with Crippen molar-refractivity contribution >= 4 is 17.3 Å². The summed E-state index contributed by atoms with van der Waals surface area (Å²) in [5, 5.41) is 9.12. The lowest BCUT2D eigenvalue weighted by Crippen LogP contribution is -2.24. The Labute approximate surface area is 100 Å². The van der Waals surface area contributed by atoms with Crippen molar-refractivity contribution in [2.75, 3.05) is 30.3 Å². The number of carbonyl (C=O) groups is 1. The molecule has 1 saturated heterocycles. The second-order valence-electron chi connectivity index (χ2n) is 4.42. The molecule has 2 rings (SSSR count). The molecule has 1 aromatic rings. The standard InChI is InChI=1S/C12H17N3O2/c13-9-1-2-11(10(5-9)12(14)17)15-4-3-8(6-15)7-16/h1-2,5,8,16H,3-4,6-7,13H2,(H2,14,17). The van der Waals surface area contributed by atoms with Gasteiger partial charge in [0.25, 0.3) is 5.91 Å². The third kappa shape index (κ3) is 2.34. The Morgan fingerprint density at radius 1 is 1.53 bits per heavy atom. The molecular formula is C12H17N3O2. The van der Waals surface area contributed by atoms with Crippen molar-refractivity contribution in [2.24, 2.45) is 11.7 Å². The molecule has 0 aromatic heterocycles. The summed E-state index contributed by atoms with van der Waals surface area (Å²) in [6.07, 6.45) is 0.930. The van der Waals surface area contributed by atoms with Gasteiger partial charge in [0.05, 0.1) is 5.56 Å². The quantitative estimate of drug-likeness (QED) is 0.652. The molecule has 1 atom stereocenters. The maximum absolute atomic E-state index is 11.4. The highest BCUT2D eigenvalue weighted by atomic mass is 16.3. The number of nitrogen functional groups attached to an aromatic ring is 1. The smallest absolute Gasteiger partial charge is 0.250 e. The molecule has 0 saturated carbocycles. The van der Waals surface area contributed by atoms with Crippen LogP contribution in [-0.4, -0.2) is 30.7 Å². The number of primary amides is 1. The third-order valence-electron chi connectivity index (χ3n) is 3.17. The summed E-state index contributed by atoms with van der Waals surface area (Å²) in [6.45, 7) is 1.76. The van der Waals surface area contributed by atoms with Crippen LogP contribution in [0.2, 0.25) is 0 Å². The predicted octanol–water partition coefficient (Wildman–Crippen LogP) is 0.186. The van der Waals surface area contributed by atoms with Crippen molar-refractivity contribution in [1.29, 1.82) is 0 Å². The van der Waals surface area contributed by atoms with Crippen molar-refractivity contribution in [1.82, 2.24) is 0 Å². The molecule has 5 heteroatoms. The van der Waals surface area contributed by atoms with Gasteiger partial charge >= 0.3 is 0 Å². The van der Waals surface area contributed by atoms with Crippen LogP contribution in [-0.2, 0) is 0 Å². The summed E-state index contributed by atoms with van der Waals surface area (Å²) in [5.41, 5.74) is 12.8. The predicted molar refractivity (Wildman–Crippen MR) is 66.8 cm³/mol. The number of benzene rings is 1. The van der Waals surface area contributed by atoms with Crippen LogP contribution in [0.4, 0.5) is 11.4 Å². The molecule has 1 amide bonds. The van der Waals surface area contributed by atoms with E-state index in [9.17, 15) is 4.79 Å². The first-order valence-electron chi connectivity index (χ1n) is 5.67. The van der Waals surface area contributed by atoms with E-state index in [4.69, 9.17) is 16.6 Å². The average Bonchev–Trinajstić information content (AvgIpc) is 2.77. The van der Waals surface area contributed by atoms with Gasteiger partial charge in [0.15, 0.2) is 0 Å². The summed E-state index contributed by atoms with van der Waals surface area (Å²) in [7, 11) is 0. The van der Waals surface area contributed by atoms with Crippen LogP contribution in [0.25, 0.3) is 0 Å². The number of aliphatic hydroxyl groups is 1. The van der Waals surface area contributed by atoms with E-state index in [0.29, 0.717) is 11.3 Å². The first kappa shape index (κ1) is 11.7. The maximum Gasteiger partial charge on any atom is 0.250 e. The summed E-state index contributed by atoms with van der Waals surface area (Å²) in [6, 6.07) is 5.17. The van der Waals surface area contributed by atoms with E-state index in [1.165, 1.54) is 0 Å². The fourth-order valence-electron chi connectivity index (χ4n) is 2.23. The molecule has 1 aliphatic rings. The number of nitrogens with zero attached hydrogens (tertiary/aromatic N) is 1. The minimum absolute atomic E-state index is 0.178. The van der Waals surface area contributed by atoms with Gasteiger partial charge in [-0.15, -0.1) is 0 Å². The van der Waals surface area contributed by atoms with Gasteiger partial charge in [0.1, 0.15) is 0 Å². The Morgan fingerprint density at radius 2 is 2.29 bits per heavy atom. The molecule has 1 aromatic carbocycles. The van der Waals surface area contributed by atoms with Crippen LogP contribution in [0.5, 0.6) is 0 Å². The summed E-state index contributed by atoms with van der Waals surface area (Å²) < 4.78 is 0. The normalized spacial score (nSPS) is 19.6. The molecule has 1 aliphatic heterocycles. The number of carbonyl (C=O) groups excluding carboxylic acids is 1. The van der Waals surface area contributed by atoms with Crippen molar-refractivity contribution < 1.29 is 9.90 Å². The largest absolute Gasteiger partial charge is 0.399 e. The SMILES string of the molecule is NC(=O)c1cc(N)ccc1N1CCC(CO)C1. The minimum atomic E-state index is -0.472. The molecule has 5 N–H and O–H groups in total. The zero-order valence-corrected chi connectivity index (χ0v) is 9.60. The number of nitrogens with two attached hydrogens (primary N) is 2. The fourth-order valence-corrected chi connectivity index (χ4v) is 2.23. The molecule has 0 bridgehead atoms. The lowest BCUT2D eigenvalue weighted by Gasteiger charge is -2.21. The zero-order chi connectivity index (χ0) is 12.4. The average molecular weight is 235 g/mol. The van der Waals surface area contributed by atoms with Gasteiger partial charge < -0.3 is 21.5 Å². The summed E-state index contributed by atoms with van der Waals surface area (Å²) in [4.78, 5) is 13.4. The molecular weight excluding hydrogens is 218 g/mol. The van der Waals surface area contributed by atoms with Gasteiger partial charge in [-0.3, -0.25) is 4.79 Å². The number of rotatable bonds is 3. The summed E-state index contributed by atoms with van der Waals surface area (Å²) in [5.74, 6) is -0.201. The molecule has 1 heterocycles. The van der Waals surface area contributed by atoms with Crippen molar-refractivity contribution in [3.05, 3.63) is 23.8 Å². The van der Waals surface area contributed by atoms with Crippen molar-refractivity contribution in [3.8, 4) is 0 Å². The molecule has 92 valence electrons. The zero-order valence-electron chi connectivity index (χ0n) is 9.60. The van der Waals surface area contributed by atoms with Gasteiger partial charge in [0, 0.05) is 37.0 Å². The molecule has 0 aliphatic carbocycles.